The molecule has 1 nitrogen and oxygen atoms in total. The van der Waals surface area contributed by atoms with Gasteiger partial charge in [-0.05, 0) is 44.1 Å². The van der Waals surface area contributed by atoms with Crippen LogP contribution in [0.4, 0.5) is 0 Å². The molecule has 0 bridgehead atoms. The molecular weight excluding hydrogens is 182 g/mol. The Morgan fingerprint density at radius 3 is 2.00 bits per heavy atom. The molecule has 0 spiro atoms. The molecule has 0 heterocycles. The topological polar surface area (TPSA) is 12.0 Å². The van der Waals surface area contributed by atoms with E-state index in [-0.39, 0.29) is 0 Å². The molecule has 0 aromatic heterocycles. The van der Waals surface area contributed by atoms with Crippen molar-refractivity contribution < 1.29 is 0 Å². The summed E-state index contributed by atoms with van der Waals surface area (Å²) in [4.78, 5) is 0. The minimum atomic E-state index is 0.675. The molecule has 0 radical (unpaired) electrons. The molecule has 1 atom stereocenters. The lowest BCUT2D eigenvalue weighted by Crippen LogP contribution is -2.35. The summed E-state index contributed by atoms with van der Waals surface area (Å²) in [6.07, 6.45) is 7.24. The molecule has 1 aliphatic rings. The molecule has 1 aliphatic carbocycles. The highest BCUT2D eigenvalue weighted by molar-refractivity contribution is 4.75. The summed E-state index contributed by atoms with van der Waals surface area (Å²) < 4.78 is 0. The Balaban J connectivity index is 2.13. The third-order valence-electron chi connectivity index (χ3n) is 4.27. The zero-order chi connectivity index (χ0) is 11.3. The Labute approximate surface area is 96.0 Å². The van der Waals surface area contributed by atoms with Crippen LogP contribution in [0.25, 0.3) is 0 Å². The standard InChI is InChI=1S/C14H29N/c1-5-13-6-8-14(9-7-13)10-15-12(4)11(2)3/h11-15H,5-10H2,1-4H3. The van der Waals surface area contributed by atoms with Crippen LogP contribution < -0.4 is 5.32 Å². The average Bonchev–Trinajstić information content (AvgIpc) is 2.26. The van der Waals surface area contributed by atoms with Gasteiger partial charge in [-0.1, -0.05) is 40.0 Å². The first-order valence-corrected chi connectivity index (χ1v) is 6.86. The van der Waals surface area contributed by atoms with Crippen LogP contribution in [0.1, 0.15) is 59.8 Å². The van der Waals surface area contributed by atoms with E-state index >= 15 is 0 Å². The van der Waals surface area contributed by atoms with Gasteiger partial charge >= 0.3 is 0 Å². The molecule has 1 unspecified atom stereocenters. The van der Waals surface area contributed by atoms with E-state index in [0.29, 0.717) is 6.04 Å². The molecule has 1 heteroatoms. The van der Waals surface area contributed by atoms with Crippen LogP contribution in [0.2, 0.25) is 0 Å². The van der Waals surface area contributed by atoms with Gasteiger partial charge in [0.15, 0.2) is 0 Å². The number of hydrogen-bond donors (Lipinski definition) is 1. The Morgan fingerprint density at radius 2 is 1.53 bits per heavy atom. The summed E-state index contributed by atoms with van der Waals surface area (Å²) in [7, 11) is 0. The number of rotatable bonds is 5. The monoisotopic (exact) mass is 211 g/mol. The van der Waals surface area contributed by atoms with Gasteiger partial charge in [0.25, 0.3) is 0 Å². The Kier molecular flexibility index (Phi) is 5.66. The number of nitrogens with one attached hydrogen (secondary N) is 1. The van der Waals surface area contributed by atoms with E-state index in [0.717, 1.165) is 17.8 Å². The molecule has 0 aliphatic heterocycles. The molecule has 0 aromatic carbocycles. The molecule has 90 valence electrons. The molecule has 1 fully saturated rings. The lowest BCUT2D eigenvalue weighted by molar-refractivity contribution is 0.251. The Hall–Kier alpha value is -0.0400. The third-order valence-corrected chi connectivity index (χ3v) is 4.27. The van der Waals surface area contributed by atoms with Gasteiger partial charge in [-0.25, -0.2) is 0 Å². The molecule has 1 N–H and O–H groups in total. The summed E-state index contributed by atoms with van der Waals surface area (Å²) in [5, 5.41) is 3.68. The summed E-state index contributed by atoms with van der Waals surface area (Å²) in [6, 6.07) is 0.675. The fourth-order valence-corrected chi connectivity index (χ4v) is 2.43. The minimum Gasteiger partial charge on any atom is -0.314 e. The third kappa shape index (κ3) is 4.55. The normalized spacial score (nSPS) is 29.4. The summed E-state index contributed by atoms with van der Waals surface area (Å²) in [6.45, 7) is 10.5. The van der Waals surface area contributed by atoms with E-state index in [2.05, 4.69) is 33.0 Å². The van der Waals surface area contributed by atoms with Gasteiger partial charge in [-0.2, -0.15) is 0 Å². The molecular formula is C14H29N. The van der Waals surface area contributed by atoms with Gasteiger partial charge in [0, 0.05) is 6.04 Å². The first-order chi connectivity index (χ1) is 7.13. The SMILES string of the molecule is CCC1CCC(CNC(C)C(C)C)CC1. The van der Waals surface area contributed by atoms with Crippen molar-refractivity contribution in [3.63, 3.8) is 0 Å². The highest BCUT2D eigenvalue weighted by Gasteiger charge is 2.20. The van der Waals surface area contributed by atoms with Crippen molar-refractivity contribution in [3.05, 3.63) is 0 Å². The molecule has 0 saturated heterocycles. The van der Waals surface area contributed by atoms with Crippen LogP contribution in [0.15, 0.2) is 0 Å². The van der Waals surface area contributed by atoms with Crippen LogP contribution in [-0.4, -0.2) is 12.6 Å². The van der Waals surface area contributed by atoms with E-state index in [1.807, 2.05) is 0 Å². The summed E-state index contributed by atoms with van der Waals surface area (Å²) >= 11 is 0. The predicted octanol–water partition coefficient (Wildman–Crippen LogP) is 3.84. The van der Waals surface area contributed by atoms with E-state index in [4.69, 9.17) is 0 Å². The van der Waals surface area contributed by atoms with E-state index in [9.17, 15) is 0 Å². The lowest BCUT2D eigenvalue weighted by atomic mass is 9.81. The maximum atomic E-state index is 3.68. The maximum absolute atomic E-state index is 3.68. The molecule has 1 saturated carbocycles. The highest BCUT2D eigenvalue weighted by Crippen LogP contribution is 2.30. The van der Waals surface area contributed by atoms with Crippen LogP contribution in [-0.2, 0) is 0 Å². The van der Waals surface area contributed by atoms with Gasteiger partial charge in [-0.3, -0.25) is 0 Å². The van der Waals surface area contributed by atoms with Crippen molar-refractivity contribution in [2.24, 2.45) is 17.8 Å². The molecule has 15 heavy (non-hydrogen) atoms. The largest absolute Gasteiger partial charge is 0.314 e. The second kappa shape index (κ2) is 6.52. The minimum absolute atomic E-state index is 0.675. The van der Waals surface area contributed by atoms with Crippen LogP contribution >= 0.6 is 0 Å². The summed E-state index contributed by atoms with van der Waals surface area (Å²) in [5.41, 5.74) is 0. The van der Waals surface area contributed by atoms with Gasteiger partial charge in [0.05, 0.1) is 0 Å². The van der Waals surface area contributed by atoms with Crippen molar-refractivity contribution in [2.45, 2.75) is 65.8 Å². The average molecular weight is 211 g/mol. The zero-order valence-corrected chi connectivity index (χ0v) is 11.1. The van der Waals surface area contributed by atoms with Crippen molar-refractivity contribution in [1.82, 2.24) is 5.32 Å². The first-order valence-electron chi connectivity index (χ1n) is 6.86. The Bertz CT molecular complexity index is 157. The molecule has 0 amide bonds. The fourth-order valence-electron chi connectivity index (χ4n) is 2.43. The number of hydrogen-bond acceptors (Lipinski definition) is 1. The van der Waals surface area contributed by atoms with Crippen molar-refractivity contribution in [3.8, 4) is 0 Å². The fraction of sp³-hybridized carbons (Fsp3) is 1.00. The lowest BCUT2D eigenvalue weighted by Gasteiger charge is -2.29. The van der Waals surface area contributed by atoms with Crippen molar-refractivity contribution in [1.29, 1.82) is 0 Å². The van der Waals surface area contributed by atoms with E-state index in [1.165, 1.54) is 38.6 Å². The van der Waals surface area contributed by atoms with Crippen LogP contribution in [0, 0.1) is 17.8 Å². The van der Waals surface area contributed by atoms with Gasteiger partial charge < -0.3 is 5.32 Å². The van der Waals surface area contributed by atoms with Crippen molar-refractivity contribution in [2.75, 3.05) is 6.54 Å². The van der Waals surface area contributed by atoms with Crippen LogP contribution in [0.5, 0.6) is 0 Å². The zero-order valence-electron chi connectivity index (χ0n) is 11.1. The van der Waals surface area contributed by atoms with Gasteiger partial charge in [-0.15, -0.1) is 0 Å². The first kappa shape index (κ1) is 13.0. The smallest absolute Gasteiger partial charge is 0.00618 e. The van der Waals surface area contributed by atoms with Crippen molar-refractivity contribution >= 4 is 0 Å². The van der Waals surface area contributed by atoms with E-state index < -0.39 is 0 Å². The second-order valence-corrected chi connectivity index (χ2v) is 5.74. The summed E-state index contributed by atoms with van der Waals surface area (Å²) in [5.74, 6) is 2.75. The highest BCUT2D eigenvalue weighted by atomic mass is 14.9. The second-order valence-electron chi connectivity index (χ2n) is 5.74. The Morgan fingerprint density at radius 1 is 1.00 bits per heavy atom. The molecule has 0 aromatic rings. The maximum Gasteiger partial charge on any atom is 0.00618 e. The quantitative estimate of drug-likeness (QED) is 0.728. The van der Waals surface area contributed by atoms with Gasteiger partial charge in [0.2, 0.25) is 0 Å². The van der Waals surface area contributed by atoms with E-state index in [1.54, 1.807) is 0 Å². The predicted molar refractivity (Wildman–Crippen MR) is 68.0 cm³/mol. The van der Waals surface area contributed by atoms with Crippen LogP contribution in [0.3, 0.4) is 0 Å². The molecule has 1 rings (SSSR count). The van der Waals surface area contributed by atoms with Gasteiger partial charge in [0.1, 0.15) is 0 Å².